The zero-order valence-corrected chi connectivity index (χ0v) is 20.2. The number of phenolic OH excluding ortho intramolecular Hbond substituents is 1. The summed E-state index contributed by atoms with van der Waals surface area (Å²) in [5, 5.41) is 27.9. The Morgan fingerprint density at radius 2 is 1.94 bits per heavy atom. The number of halogens is 1. The van der Waals surface area contributed by atoms with Crippen molar-refractivity contribution in [3.05, 3.63) is 63.8 Å². The predicted molar refractivity (Wildman–Crippen MR) is 131 cm³/mol. The summed E-state index contributed by atoms with van der Waals surface area (Å²) >= 11 is 6.33. The van der Waals surface area contributed by atoms with E-state index in [1.54, 1.807) is 17.0 Å². The highest BCUT2D eigenvalue weighted by atomic mass is 35.5. The Morgan fingerprint density at radius 1 is 1.18 bits per heavy atom. The monoisotopic (exact) mass is 483 g/mol. The average molecular weight is 484 g/mol. The summed E-state index contributed by atoms with van der Waals surface area (Å²) in [6.07, 6.45) is 4.55. The molecule has 7 nitrogen and oxygen atoms in total. The van der Waals surface area contributed by atoms with Gasteiger partial charge in [-0.3, -0.25) is 9.89 Å². The Balaban J connectivity index is 1.67. The molecule has 0 saturated heterocycles. The largest absolute Gasteiger partial charge is 0.507 e. The minimum Gasteiger partial charge on any atom is -0.507 e. The van der Waals surface area contributed by atoms with Crippen molar-refractivity contribution in [3.63, 3.8) is 0 Å². The number of aromatic hydroxyl groups is 1. The van der Waals surface area contributed by atoms with E-state index in [1.807, 2.05) is 31.2 Å². The molecule has 1 aliphatic rings. The first kappa shape index (κ1) is 24.1. The van der Waals surface area contributed by atoms with Crippen molar-refractivity contribution in [1.82, 2.24) is 15.1 Å². The molecule has 1 atom stereocenters. The van der Waals surface area contributed by atoms with Gasteiger partial charge in [0.1, 0.15) is 22.9 Å². The van der Waals surface area contributed by atoms with Crippen LogP contribution >= 0.6 is 11.6 Å². The molecule has 34 heavy (non-hydrogen) atoms. The number of aliphatic hydroxyl groups excluding tert-OH is 1. The van der Waals surface area contributed by atoms with Crippen molar-refractivity contribution in [1.29, 1.82) is 0 Å². The molecular formula is C26H30ClN3O4. The van der Waals surface area contributed by atoms with Gasteiger partial charge in [0.2, 0.25) is 0 Å². The van der Waals surface area contributed by atoms with Gasteiger partial charge in [-0.2, -0.15) is 5.10 Å². The van der Waals surface area contributed by atoms with Crippen LogP contribution in [0.3, 0.4) is 0 Å². The lowest BCUT2D eigenvalue weighted by Crippen LogP contribution is -2.32. The van der Waals surface area contributed by atoms with Gasteiger partial charge in [0.25, 0.3) is 5.91 Å². The number of β-amino-alcohol motifs (C(OH)–C–C–N with tert-alkyl or cyclic N) is 1. The lowest BCUT2D eigenvalue weighted by molar-refractivity contribution is 0.0706. The summed E-state index contributed by atoms with van der Waals surface area (Å²) in [5.41, 5.74) is 3.52. The number of carbonyl (C=O) groups is 1. The molecule has 3 aromatic rings. The van der Waals surface area contributed by atoms with E-state index in [2.05, 4.69) is 17.1 Å². The number of ether oxygens (including phenoxy) is 1. The van der Waals surface area contributed by atoms with Crippen LogP contribution in [-0.2, 0) is 0 Å². The van der Waals surface area contributed by atoms with Gasteiger partial charge in [0.15, 0.2) is 0 Å². The molecule has 0 saturated carbocycles. The second kappa shape index (κ2) is 10.5. The molecule has 3 N–H and O–H groups in total. The number of aromatic amines is 1. The highest BCUT2D eigenvalue weighted by Gasteiger charge is 2.42. The van der Waals surface area contributed by atoms with Crippen molar-refractivity contribution in [3.8, 4) is 22.8 Å². The van der Waals surface area contributed by atoms with E-state index in [9.17, 15) is 15.0 Å². The molecule has 1 aliphatic heterocycles. The van der Waals surface area contributed by atoms with Crippen molar-refractivity contribution in [2.45, 2.75) is 45.6 Å². The number of phenols is 1. The SMILES string of the molecule is CCCCCCOc1ccc(C2c3c(-c4cc(Cl)c(C)cc4O)n[nH]c3C(=O)N2CCO)cc1. The minimum atomic E-state index is -0.471. The molecule has 2 aromatic carbocycles. The summed E-state index contributed by atoms with van der Waals surface area (Å²) < 4.78 is 5.87. The fourth-order valence-electron chi connectivity index (χ4n) is 4.41. The number of unbranched alkanes of at least 4 members (excludes halogenated alkanes) is 3. The van der Waals surface area contributed by atoms with Crippen molar-refractivity contribution in [2.24, 2.45) is 0 Å². The van der Waals surface area contributed by atoms with Crippen LogP contribution in [0.5, 0.6) is 11.5 Å². The van der Waals surface area contributed by atoms with Gasteiger partial charge in [0.05, 0.1) is 19.3 Å². The Morgan fingerprint density at radius 3 is 2.65 bits per heavy atom. The third kappa shape index (κ3) is 4.63. The topological polar surface area (TPSA) is 98.7 Å². The fraction of sp³-hybridized carbons (Fsp3) is 0.385. The zero-order chi connectivity index (χ0) is 24.2. The number of benzene rings is 2. The molecule has 0 aliphatic carbocycles. The van der Waals surface area contributed by atoms with Crippen LogP contribution in [-0.4, -0.2) is 51.0 Å². The minimum absolute atomic E-state index is 0.0369. The molecule has 1 unspecified atom stereocenters. The number of hydrogen-bond acceptors (Lipinski definition) is 5. The Hall–Kier alpha value is -3.03. The van der Waals surface area contributed by atoms with Crippen LogP contribution in [0.15, 0.2) is 36.4 Å². The highest BCUT2D eigenvalue weighted by Crippen LogP contribution is 2.45. The molecule has 1 aromatic heterocycles. The normalized spacial score (nSPS) is 15.1. The van der Waals surface area contributed by atoms with E-state index in [0.717, 1.165) is 29.7 Å². The molecule has 0 spiro atoms. The maximum Gasteiger partial charge on any atom is 0.273 e. The number of amides is 1. The molecule has 8 heteroatoms. The number of carbonyl (C=O) groups excluding carboxylic acids is 1. The Kier molecular flexibility index (Phi) is 7.44. The molecule has 1 amide bonds. The number of nitrogens with one attached hydrogen (secondary N) is 1. The Labute approximate surface area is 204 Å². The molecule has 0 bridgehead atoms. The van der Waals surface area contributed by atoms with Crippen molar-refractivity contribution < 1.29 is 19.7 Å². The van der Waals surface area contributed by atoms with Gasteiger partial charge in [-0.25, -0.2) is 0 Å². The number of hydrogen-bond donors (Lipinski definition) is 3. The number of rotatable bonds is 10. The summed E-state index contributed by atoms with van der Waals surface area (Å²) in [5.74, 6) is 0.561. The van der Waals surface area contributed by atoms with Crippen LogP contribution in [0.25, 0.3) is 11.3 Å². The third-order valence-corrected chi connectivity index (χ3v) is 6.61. The van der Waals surface area contributed by atoms with E-state index >= 15 is 0 Å². The zero-order valence-electron chi connectivity index (χ0n) is 19.5. The quantitative estimate of drug-likeness (QED) is 0.342. The summed E-state index contributed by atoms with van der Waals surface area (Å²) in [6.45, 7) is 4.65. The van der Waals surface area contributed by atoms with Crippen LogP contribution < -0.4 is 4.74 Å². The standard InChI is InChI=1S/C26H30ClN3O4/c1-3-4-5-6-13-34-18-9-7-17(8-10-18)25-22-23(19-15-20(27)16(2)14-21(19)32)28-29-24(22)26(33)30(25)11-12-31/h7-10,14-15,25,31-32H,3-6,11-13H2,1-2H3,(H,28,29). The second-order valence-electron chi connectivity index (χ2n) is 8.58. The maximum absolute atomic E-state index is 13.1. The van der Waals surface area contributed by atoms with Crippen LogP contribution in [0.1, 0.15) is 65.8 Å². The average Bonchev–Trinajstić information content (AvgIpc) is 3.36. The van der Waals surface area contributed by atoms with Gasteiger partial charge in [-0.15, -0.1) is 0 Å². The number of aromatic nitrogens is 2. The summed E-state index contributed by atoms with van der Waals surface area (Å²) in [7, 11) is 0. The number of aryl methyl sites for hydroxylation is 1. The van der Waals surface area contributed by atoms with E-state index < -0.39 is 6.04 Å². The number of nitrogens with zero attached hydrogens (tertiary/aromatic N) is 2. The number of H-pyrrole nitrogens is 1. The van der Waals surface area contributed by atoms with Crippen LogP contribution in [0.4, 0.5) is 0 Å². The van der Waals surface area contributed by atoms with Gasteiger partial charge >= 0.3 is 0 Å². The first-order chi connectivity index (χ1) is 16.5. The fourth-order valence-corrected chi connectivity index (χ4v) is 4.57. The first-order valence-electron chi connectivity index (χ1n) is 11.7. The van der Waals surface area contributed by atoms with Crippen LogP contribution in [0, 0.1) is 6.92 Å². The van der Waals surface area contributed by atoms with E-state index in [-0.39, 0.29) is 24.8 Å². The van der Waals surface area contributed by atoms with Crippen molar-refractivity contribution in [2.75, 3.05) is 19.8 Å². The van der Waals surface area contributed by atoms with Gasteiger partial charge in [-0.1, -0.05) is 49.9 Å². The lowest BCUT2D eigenvalue weighted by atomic mass is 9.95. The van der Waals surface area contributed by atoms with Gasteiger partial charge in [0, 0.05) is 22.7 Å². The first-order valence-corrected chi connectivity index (χ1v) is 12.1. The summed E-state index contributed by atoms with van der Waals surface area (Å²) in [4.78, 5) is 14.8. The van der Waals surface area contributed by atoms with E-state index in [1.165, 1.54) is 12.8 Å². The molecule has 0 radical (unpaired) electrons. The van der Waals surface area contributed by atoms with E-state index in [4.69, 9.17) is 16.3 Å². The lowest BCUT2D eigenvalue weighted by Gasteiger charge is -2.26. The number of aliphatic hydroxyl groups is 1. The number of fused-ring (bicyclic) bond motifs is 1. The van der Waals surface area contributed by atoms with Gasteiger partial charge < -0.3 is 19.8 Å². The molecular weight excluding hydrogens is 454 g/mol. The van der Waals surface area contributed by atoms with Crippen LogP contribution in [0.2, 0.25) is 5.02 Å². The third-order valence-electron chi connectivity index (χ3n) is 6.20. The smallest absolute Gasteiger partial charge is 0.273 e. The molecule has 180 valence electrons. The summed E-state index contributed by atoms with van der Waals surface area (Å²) in [6, 6.07) is 10.4. The molecule has 0 fully saturated rings. The Bertz CT molecular complexity index is 1160. The molecule has 2 heterocycles. The van der Waals surface area contributed by atoms with Crippen molar-refractivity contribution >= 4 is 17.5 Å². The maximum atomic E-state index is 13.1. The van der Waals surface area contributed by atoms with Gasteiger partial charge in [-0.05, 0) is 48.7 Å². The predicted octanol–water partition coefficient (Wildman–Crippen LogP) is 5.24. The molecule has 4 rings (SSSR count). The van der Waals surface area contributed by atoms with E-state index in [0.29, 0.717) is 34.1 Å². The highest BCUT2D eigenvalue weighted by molar-refractivity contribution is 6.31. The second-order valence-corrected chi connectivity index (χ2v) is 8.99.